The van der Waals surface area contributed by atoms with Crippen LogP contribution in [0, 0.1) is 11.3 Å². The third kappa shape index (κ3) is 4.65. The van der Waals surface area contributed by atoms with Gasteiger partial charge in [-0.15, -0.1) is 0 Å². The van der Waals surface area contributed by atoms with Gasteiger partial charge in [0.25, 0.3) is 0 Å². The van der Waals surface area contributed by atoms with Crippen LogP contribution in [-0.4, -0.2) is 55.8 Å². The number of carbonyl (C=O) groups excluding carboxylic acids is 1. The van der Waals surface area contributed by atoms with Gasteiger partial charge in [-0.25, -0.2) is 8.42 Å². The quantitative estimate of drug-likeness (QED) is 0.716. The van der Waals surface area contributed by atoms with Crippen LogP contribution in [0.5, 0.6) is 0 Å². The Bertz CT molecular complexity index is 805. The van der Waals surface area contributed by atoms with E-state index in [-0.39, 0.29) is 17.3 Å². The molecule has 0 aromatic heterocycles. The van der Waals surface area contributed by atoms with E-state index < -0.39 is 15.6 Å². The second kappa shape index (κ2) is 9.39. The summed E-state index contributed by atoms with van der Waals surface area (Å²) in [6, 6.07) is 8.75. The number of hydrogen-bond donors (Lipinski definition) is 1. The Balaban J connectivity index is 2.01. The normalized spacial score (nSPS) is 16.4. The first kappa shape index (κ1) is 22.2. The third-order valence-electron chi connectivity index (χ3n) is 5.55. The van der Waals surface area contributed by atoms with Gasteiger partial charge in [0.15, 0.2) is 0 Å². The third-order valence-corrected chi connectivity index (χ3v) is 7.61. The number of amides is 1. The topological polar surface area (TPSA) is 93.5 Å². The molecule has 0 atom stereocenters. The van der Waals surface area contributed by atoms with Crippen LogP contribution in [0.1, 0.15) is 46.0 Å². The van der Waals surface area contributed by atoms with Gasteiger partial charge in [-0.2, -0.15) is 9.57 Å². The summed E-state index contributed by atoms with van der Waals surface area (Å²) < 4.78 is 26.4. The van der Waals surface area contributed by atoms with E-state index in [0.717, 1.165) is 19.3 Å². The Kier molecular flexibility index (Phi) is 7.44. The number of benzene rings is 1. The monoisotopic (exact) mass is 406 g/mol. The van der Waals surface area contributed by atoms with Crippen molar-refractivity contribution in [1.29, 1.82) is 5.26 Å². The highest BCUT2D eigenvalue weighted by molar-refractivity contribution is 7.89. The number of nitrogens with one attached hydrogen (secondary N) is 1. The average Bonchev–Trinajstić information content (AvgIpc) is 2.72. The Morgan fingerprint density at radius 2 is 1.71 bits per heavy atom. The Labute approximate surface area is 168 Å². The molecule has 1 aliphatic rings. The van der Waals surface area contributed by atoms with Gasteiger partial charge in [0.1, 0.15) is 5.54 Å². The predicted molar refractivity (Wildman–Crippen MR) is 109 cm³/mol. The van der Waals surface area contributed by atoms with Crippen LogP contribution in [0.15, 0.2) is 29.2 Å². The first-order valence-electron chi connectivity index (χ1n) is 9.82. The molecule has 1 aromatic carbocycles. The van der Waals surface area contributed by atoms with E-state index >= 15 is 0 Å². The molecule has 1 N–H and O–H groups in total. The lowest BCUT2D eigenvalue weighted by Crippen LogP contribution is -2.51. The lowest BCUT2D eigenvalue weighted by atomic mass is 9.81. The fourth-order valence-corrected chi connectivity index (χ4v) is 5.11. The van der Waals surface area contributed by atoms with Crippen molar-refractivity contribution in [3.63, 3.8) is 0 Å². The van der Waals surface area contributed by atoms with Gasteiger partial charge in [0, 0.05) is 25.8 Å². The maximum absolute atomic E-state index is 12.6. The molecule has 7 nitrogen and oxygen atoms in total. The maximum atomic E-state index is 12.6. The van der Waals surface area contributed by atoms with Crippen LogP contribution in [0.25, 0.3) is 0 Å². The number of anilines is 1. The SMILES string of the molecule is CCN(CC)S(=O)(=O)c1ccc(NCC(=O)N(C)C2(C#N)CCCCC2)cc1. The van der Waals surface area contributed by atoms with Crippen LogP contribution in [0.4, 0.5) is 5.69 Å². The highest BCUT2D eigenvalue weighted by Gasteiger charge is 2.38. The fraction of sp³-hybridized carbons (Fsp3) is 0.600. The van der Waals surface area contributed by atoms with Crippen molar-refractivity contribution >= 4 is 21.6 Å². The summed E-state index contributed by atoms with van der Waals surface area (Å²) in [6.45, 7) is 4.50. The predicted octanol–water partition coefficient (Wildman–Crippen LogP) is 2.81. The van der Waals surface area contributed by atoms with Crippen molar-refractivity contribution in [2.75, 3.05) is 32.0 Å². The standard InChI is InChI=1S/C20H30N4O3S/c1-4-24(5-2)28(26,27)18-11-9-17(10-12-18)22-15-19(25)23(3)20(16-21)13-7-6-8-14-20/h9-12,22H,4-8,13-15H2,1-3H3. The number of likely N-dealkylation sites (N-methyl/N-ethyl adjacent to an activating group) is 1. The zero-order valence-electron chi connectivity index (χ0n) is 16.9. The van der Waals surface area contributed by atoms with Crippen LogP contribution < -0.4 is 5.32 Å². The molecule has 1 saturated carbocycles. The summed E-state index contributed by atoms with van der Waals surface area (Å²) in [4.78, 5) is 14.4. The largest absolute Gasteiger partial charge is 0.376 e. The maximum Gasteiger partial charge on any atom is 0.243 e. The van der Waals surface area contributed by atoms with Gasteiger partial charge in [-0.3, -0.25) is 4.79 Å². The molecule has 1 aliphatic carbocycles. The minimum Gasteiger partial charge on any atom is -0.376 e. The van der Waals surface area contributed by atoms with Gasteiger partial charge in [0.05, 0.1) is 17.5 Å². The van der Waals surface area contributed by atoms with E-state index in [2.05, 4.69) is 11.4 Å². The van der Waals surface area contributed by atoms with Crippen molar-refractivity contribution in [1.82, 2.24) is 9.21 Å². The second-order valence-corrected chi connectivity index (χ2v) is 9.06. The van der Waals surface area contributed by atoms with Crippen LogP contribution >= 0.6 is 0 Å². The molecule has 1 amide bonds. The molecular weight excluding hydrogens is 376 g/mol. The number of rotatable bonds is 8. The zero-order chi connectivity index (χ0) is 20.8. The van der Waals surface area contributed by atoms with Crippen LogP contribution in [0.3, 0.4) is 0 Å². The Morgan fingerprint density at radius 3 is 2.21 bits per heavy atom. The summed E-state index contributed by atoms with van der Waals surface area (Å²) >= 11 is 0. The summed E-state index contributed by atoms with van der Waals surface area (Å²) in [6.07, 6.45) is 4.45. The molecule has 0 unspecified atom stereocenters. The van der Waals surface area contributed by atoms with Crippen molar-refractivity contribution in [2.45, 2.75) is 56.4 Å². The molecule has 0 heterocycles. The van der Waals surface area contributed by atoms with Crippen LogP contribution in [-0.2, 0) is 14.8 Å². The minimum absolute atomic E-state index is 0.0576. The van der Waals surface area contributed by atoms with Crippen molar-refractivity contribution < 1.29 is 13.2 Å². The van der Waals surface area contributed by atoms with Gasteiger partial charge >= 0.3 is 0 Å². The fourth-order valence-electron chi connectivity index (χ4n) is 3.65. The molecule has 1 aromatic rings. The van der Waals surface area contributed by atoms with Gasteiger partial charge < -0.3 is 10.2 Å². The second-order valence-electron chi connectivity index (χ2n) is 7.12. The number of hydrogen-bond acceptors (Lipinski definition) is 5. The highest BCUT2D eigenvalue weighted by Crippen LogP contribution is 2.32. The van der Waals surface area contributed by atoms with E-state index in [1.165, 1.54) is 4.31 Å². The van der Waals surface area contributed by atoms with Crippen molar-refractivity contribution in [2.24, 2.45) is 0 Å². The smallest absolute Gasteiger partial charge is 0.243 e. The van der Waals surface area contributed by atoms with E-state index in [1.807, 2.05) is 0 Å². The Hall–Kier alpha value is -2.11. The number of carbonyl (C=O) groups is 1. The molecule has 8 heteroatoms. The molecule has 0 spiro atoms. The first-order valence-corrected chi connectivity index (χ1v) is 11.3. The zero-order valence-corrected chi connectivity index (χ0v) is 17.8. The summed E-state index contributed by atoms with van der Waals surface area (Å²) in [7, 11) is -1.80. The molecule has 1 fully saturated rings. The number of sulfonamides is 1. The molecule has 0 radical (unpaired) electrons. The number of nitriles is 1. The highest BCUT2D eigenvalue weighted by atomic mass is 32.2. The van der Waals surface area contributed by atoms with E-state index in [9.17, 15) is 18.5 Å². The molecule has 28 heavy (non-hydrogen) atoms. The van der Waals surface area contributed by atoms with E-state index in [1.54, 1.807) is 50.1 Å². The van der Waals surface area contributed by atoms with Gasteiger partial charge in [-0.1, -0.05) is 33.1 Å². The molecule has 0 aliphatic heterocycles. The van der Waals surface area contributed by atoms with E-state index in [4.69, 9.17) is 0 Å². The molecule has 0 bridgehead atoms. The Morgan fingerprint density at radius 1 is 1.14 bits per heavy atom. The molecule has 0 saturated heterocycles. The van der Waals surface area contributed by atoms with Crippen LogP contribution in [0.2, 0.25) is 0 Å². The lowest BCUT2D eigenvalue weighted by Gasteiger charge is -2.39. The molecule has 2 rings (SSSR count). The minimum atomic E-state index is -3.49. The average molecular weight is 407 g/mol. The van der Waals surface area contributed by atoms with Gasteiger partial charge in [0.2, 0.25) is 15.9 Å². The van der Waals surface area contributed by atoms with Crippen molar-refractivity contribution in [3.05, 3.63) is 24.3 Å². The molecule has 154 valence electrons. The summed E-state index contributed by atoms with van der Waals surface area (Å²) in [5, 5.41) is 12.6. The summed E-state index contributed by atoms with van der Waals surface area (Å²) in [5.74, 6) is -0.150. The first-order chi connectivity index (χ1) is 13.3. The molecular formula is C20H30N4O3S. The van der Waals surface area contributed by atoms with E-state index in [0.29, 0.717) is 31.6 Å². The summed E-state index contributed by atoms with van der Waals surface area (Å²) in [5.41, 5.74) is -0.0477. The lowest BCUT2D eigenvalue weighted by molar-refractivity contribution is -0.132. The van der Waals surface area contributed by atoms with Gasteiger partial charge in [-0.05, 0) is 37.1 Å². The number of nitrogens with zero attached hydrogens (tertiary/aromatic N) is 3. The van der Waals surface area contributed by atoms with Crippen molar-refractivity contribution in [3.8, 4) is 6.07 Å².